The van der Waals surface area contributed by atoms with Gasteiger partial charge in [0, 0.05) is 18.1 Å². The maximum Gasteiger partial charge on any atom is 0.155 e. The normalized spacial score (nSPS) is 26.8. The van der Waals surface area contributed by atoms with Gasteiger partial charge in [-0.25, -0.2) is 0 Å². The maximum absolute atomic E-state index is 13.1. The molecule has 130 valence electrons. The van der Waals surface area contributed by atoms with Gasteiger partial charge in [0.05, 0.1) is 11.8 Å². The van der Waals surface area contributed by atoms with E-state index in [1.54, 1.807) is 6.07 Å². The Morgan fingerprint density at radius 2 is 1.75 bits per heavy atom. The lowest BCUT2D eigenvalue weighted by atomic mass is 9.54. The number of phenols is 1. The fourth-order valence-corrected chi connectivity index (χ4v) is 4.42. The Morgan fingerprint density at radius 1 is 1.12 bits per heavy atom. The third-order valence-corrected chi connectivity index (χ3v) is 5.48. The van der Waals surface area contributed by atoms with E-state index in [4.69, 9.17) is 4.74 Å². The van der Waals surface area contributed by atoms with E-state index in [0.717, 1.165) is 11.1 Å². The highest BCUT2D eigenvalue weighted by atomic mass is 16.5. The molecule has 1 N–H and O–H groups in total. The summed E-state index contributed by atoms with van der Waals surface area (Å²) >= 11 is 0. The van der Waals surface area contributed by atoms with Gasteiger partial charge >= 0.3 is 0 Å². The van der Waals surface area contributed by atoms with Crippen LogP contribution in [0.4, 0.5) is 0 Å². The fourth-order valence-electron chi connectivity index (χ4n) is 4.42. The second-order valence-electron chi connectivity index (χ2n) is 9.12. The molecular weight excluding hydrogens is 304 g/mol. The number of Topliss-reactive ketones (excluding diaryl/α,β-unsaturated/α-hetero) is 2. The lowest BCUT2D eigenvalue weighted by Gasteiger charge is -2.46. The minimum absolute atomic E-state index is 0.0394. The quantitative estimate of drug-likeness (QED) is 0.737. The number of hydrogen-bond acceptors (Lipinski definition) is 4. The zero-order valence-corrected chi connectivity index (χ0v) is 15.3. The molecule has 1 aromatic rings. The van der Waals surface area contributed by atoms with Gasteiger partial charge in [0.25, 0.3) is 0 Å². The van der Waals surface area contributed by atoms with Crippen molar-refractivity contribution in [1.82, 2.24) is 0 Å². The van der Waals surface area contributed by atoms with Crippen molar-refractivity contribution in [3.63, 3.8) is 0 Å². The Labute approximate surface area is 143 Å². The van der Waals surface area contributed by atoms with Crippen molar-refractivity contribution in [2.24, 2.45) is 5.41 Å². The molecule has 1 aliphatic carbocycles. The van der Waals surface area contributed by atoms with E-state index in [1.165, 1.54) is 0 Å². The van der Waals surface area contributed by atoms with Gasteiger partial charge in [0.15, 0.2) is 5.78 Å². The van der Waals surface area contributed by atoms with Crippen molar-refractivity contribution in [3.8, 4) is 11.5 Å². The van der Waals surface area contributed by atoms with E-state index >= 15 is 0 Å². The molecule has 24 heavy (non-hydrogen) atoms. The molecule has 4 nitrogen and oxygen atoms in total. The largest absolute Gasteiger partial charge is 0.508 e. The maximum atomic E-state index is 13.1. The molecule has 1 saturated carbocycles. The zero-order valence-electron chi connectivity index (χ0n) is 15.3. The molecule has 1 fully saturated rings. The summed E-state index contributed by atoms with van der Waals surface area (Å²) in [6.45, 7) is 12.1. The Hall–Kier alpha value is -1.84. The van der Waals surface area contributed by atoms with Crippen LogP contribution in [0, 0.1) is 5.41 Å². The third kappa shape index (κ3) is 2.11. The van der Waals surface area contributed by atoms with Gasteiger partial charge in [-0.3, -0.25) is 9.59 Å². The Bertz CT molecular complexity index is 733. The van der Waals surface area contributed by atoms with E-state index in [2.05, 4.69) is 0 Å². The molecule has 0 aromatic heterocycles. The molecule has 2 aliphatic rings. The van der Waals surface area contributed by atoms with Crippen LogP contribution >= 0.6 is 0 Å². The van der Waals surface area contributed by atoms with Gasteiger partial charge in [0.1, 0.15) is 23.4 Å². The molecule has 1 aromatic carbocycles. The first kappa shape index (κ1) is 17.0. The summed E-state index contributed by atoms with van der Waals surface area (Å²) in [5.74, 6) is 0.560. The average molecular weight is 330 g/mol. The van der Waals surface area contributed by atoms with E-state index in [1.807, 2.05) is 47.6 Å². The van der Waals surface area contributed by atoms with Crippen LogP contribution in [-0.2, 0) is 20.4 Å². The first-order chi connectivity index (χ1) is 10.9. The lowest BCUT2D eigenvalue weighted by molar-refractivity contribution is -0.142. The van der Waals surface area contributed by atoms with Crippen molar-refractivity contribution in [2.45, 2.75) is 71.3 Å². The van der Waals surface area contributed by atoms with E-state index < -0.39 is 16.9 Å². The van der Waals surface area contributed by atoms with E-state index in [-0.39, 0.29) is 35.6 Å². The van der Waals surface area contributed by atoms with Crippen LogP contribution in [0.2, 0.25) is 0 Å². The molecule has 0 spiro atoms. The molecule has 0 radical (unpaired) electrons. The molecule has 0 bridgehead atoms. The number of aromatic hydroxyl groups is 1. The van der Waals surface area contributed by atoms with Crippen LogP contribution in [0.3, 0.4) is 0 Å². The highest BCUT2D eigenvalue weighted by molar-refractivity contribution is 6.09. The Morgan fingerprint density at radius 3 is 2.29 bits per heavy atom. The summed E-state index contributed by atoms with van der Waals surface area (Å²) in [5, 5.41) is 10.4. The van der Waals surface area contributed by atoms with Gasteiger partial charge in [-0.05, 0) is 22.5 Å². The lowest BCUT2D eigenvalue weighted by Crippen LogP contribution is -2.58. The van der Waals surface area contributed by atoms with E-state index in [9.17, 15) is 14.7 Å². The molecule has 3 rings (SSSR count). The molecule has 2 unspecified atom stereocenters. The van der Waals surface area contributed by atoms with Gasteiger partial charge in [-0.1, -0.05) is 41.5 Å². The van der Waals surface area contributed by atoms with Gasteiger partial charge < -0.3 is 9.84 Å². The summed E-state index contributed by atoms with van der Waals surface area (Å²) in [4.78, 5) is 25.1. The van der Waals surface area contributed by atoms with Gasteiger partial charge in [-0.2, -0.15) is 0 Å². The highest BCUT2D eigenvalue weighted by Gasteiger charge is 2.63. The Kier molecular flexibility index (Phi) is 3.43. The second kappa shape index (κ2) is 4.84. The molecule has 1 aliphatic heterocycles. The zero-order chi connectivity index (χ0) is 18.1. The topological polar surface area (TPSA) is 63.6 Å². The van der Waals surface area contributed by atoms with Gasteiger partial charge in [-0.15, -0.1) is 0 Å². The van der Waals surface area contributed by atoms with Crippen molar-refractivity contribution < 1.29 is 19.4 Å². The summed E-state index contributed by atoms with van der Waals surface area (Å²) in [6.07, 6.45) is -0.290. The summed E-state index contributed by atoms with van der Waals surface area (Å²) in [6, 6.07) is 3.53. The van der Waals surface area contributed by atoms with E-state index in [0.29, 0.717) is 5.75 Å². The fraction of sp³-hybridized carbons (Fsp3) is 0.600. The van der Waals surface area contributed by atoms with Crippen molar-refractivity contribution in [2.75, 3.05) is 0 Å². The standard InChI is InChI=1S/C20H26O4/c1-18(2,3)12-9-13-15(10-14(12)22)24-17-8-11(21)7-16(23)20(13,17)19(4,5)6/h9-10,17,22H,7-8H2,1-6H3. The predicted octanol–water partition coefficient (Wildman–Crippen LogP) is 3.67. The number of fused-ring (bicyclic) bond motifs is 3. The van der Waals surface area contributed by atoms with Gasteiger partial charge in [0.2, 0.25) is 0 Å². The first-order valence-corrected chi connectivity index (χ1v) is 8.48. The van der Waals surface area contributed by atoms with Crippen LogP contribution in [-0.4, -0.2) is 22.8 Å². The number of hydrogen-bond donors (Lipinski definition) is 1. The molecule has 0 saturated heterocycles. The van der Waals surface area contributed by atoms with Crippen molar-refractivity contribution in [1.29, 1.82) is 0 Å². The third-order valence-electron chi connectivity index (χ3n) is 5.48. The molecule has 4 heteroatoms. The summed E-state index contributed by atoms with van der Waals surface area (Å²) < 4.78 is 6.03. The predicted molar refractivity (Wildman–Crippen MR) is 91.6 cm³/mol. The molecule has 2 atom stereocenters. The van der Waals surface area contributed by atoms with Crippen molar-refractivity contribution >= 4 is 11.6 Å². The molecule has 1 heterocycles. The number of ether oxygens (including phenoxy) is 1. The Balaban J connectivity index is 2.31. The summed E-state index contributed by atoms with van der Waals surface area (Å²) in [5.41, 5.74) is 0.111. The van der Waals surface area contributed by atoms with Crippen LogP contribution in [0.1, 0.15) is 65.5 Å². The number of ketones is 2. The SMILES string of the molecule is CC(C)(C)c1cc2c(cc1O)OC1CC(=O)CC(=O)C21C(C)(C)C. The second-order valence-corrected chi connectivity index (χ2v) is 9.12. The minimum Gasteiger partial charge on any atom is -0.508 e. The number of carbonyl (C=O) groups excluding carboxylic acids is 2. The molecule has 0 amide bonds. The van der Waals surface area contributed by atoms with Crippen LogP contribution in [0.15, 0.2) is 12.1 Å². The first-order valence-electron chi connectivity index (χ1n) is 8.48. The van der Waals surface area contributed by atoms with Crippen molar-refractivity contribution in [3.05, 3.63) is 23.3 Å². The van der Waals surface area contributed by atoms with Crippen LogP contribution < -0.4 is 4.74 Å². The minimum atomic E-state index is -0.843. The van der Waals surface area contributed by atoms with Crippen LogP contribution in [0.25, 0.3) is 0 Å². The number of carbonyl (C=O) groups is 2. The number of phenolic OH excluding ortho intramolecular Hbond substituents is 1. The summed E-state index contributed by atoms with van der Waals surface area (Å²) in [7, 11) is 0. The monoisotopic (exact) mass is 330 g/mol. The van der Waals surface area contributed by atoms with Crippen LogP contribution in [0.5, 0.6) is 11.5 Å². The number of benzene rings is 1. The molecular formula is C20H26O4. The average Bonchev–Trinajstić information content (AvgIpc) is 2.69. The number of rotatable bonds is 0. The smallest absolute Gasteiger partial charge is 0.155 e. The highest BCUT2D eigenvalue weighted by Crippen LogP contribution is 2.58.